The molecule has 16 nitrogen and oxygen atoms in total. The zero-order valence-corrected chi connectivity index (χ0v) is 21.1. The fraction of sp³-hybridized carbons (Fsp3) is 0.667. The molecule has 14 N–H and O–H groups in total. The summed E-state index contributed by atoms with van der Waals surface area (Å²) in [5.41, 5.74) is 26.4. The monoisotopic (exact) mass is 529 g/mol. The normalized spacial score (nSPS) is 13.9. The molecule has 37 heavy (non-hydrogen) atoms. The molecule has 0 saturated heterocycles. The largest absolute Gasteiger partial charge is 0.480 e. The van der Waals surface area contributed by atoms with Gasteiger partial charge in [-0.05, 0) is 31.6 Å². The molecule has 210 valence electrons. The number of guanidine groups is 1. The minimum absolute atomic E-state index is 0.0457. The van der Waals surface area contributed by atoms with Crippen LogP contribution in [0.2, 0.25) is 0 Å². The van der Waals surface area contributed by atoms with Crippen molar-refractivity contribution in [3.8, 4) is 0 Å². The first kappa shape index (κ1) is 33.0. The maximum atomic E-state index is 13.1. The number of aliphatic carboxylic acids is 1. The van der Waals surface area contributed by atoms with Crippen LogP contribution in [0, 0.1) is 5.92 Å². The number of carbonyl (C=O) groups excluding carboxylic acids is 5. The summed E-state index contributed by atoms with van der Waals surface area (Å²) in [4.78, 5) is 75.8. The number of nitrogens with one attached hydrogen (secondary N) is 3. The van der Waals surface area contributed by atoms with E-state index in [0.29, 0.717) is 0 Å². The lowest BCUT2D eigenvalue weighted by Crippen LogP contribution is -2.57. The molecule has 0 rings (SSSR count). The van der Waals surface area contributed by atoms with Crippen LogP contribution in [-0.4, -0.2) is 77.3 Å². The van der Waals surface area contributed by atoms with Crippen molar-refractivity contribution in [2.75, 3.05) is 6.54 Å². The van der Waals surface area contributed by atoms with Gasteiger partial charge in [0.2, 0.25) is 29.5 Å². The molecular formula is C21H39N9O7. The Bertz CT molecular complexity index is 859. The van der Waals surface area contributed by atoms with Crippen molar-refractivity contribution < 1.29 is 33.9 Å². The van der Waals surface area contributed by atoms with E-state index in [1.54, 1.807) is 13.8 Å². The molecule has 0 fully saturated rings. The molecule has 16 heteroatoms. The minimum Gasteiger partial charge on any atom is -0.480 e. The predicted octanol–water partition coefficient (Wildman–Crippen LogP) is -3.91. The molecule has 0 aliphatic heterocycles. The molecule has 0 bridgehead atoms. The van der Waals surface area contributed by atoms with Crippen LogP contribution in [0.5, 0.6) is 0 Å². The number of aliphatic imine (C=N–C) groups is 1. The third kappa shape index (κ3) is 14.9. The number of rotatable bonds is 18. The smallest absolute Gasteiger partial charge is 0.326 e. The highest BCUT2D eigenvalue weighted by atomic mass is 16.4. The highest BCUT2D eigenvalue weighted by Gasteiger charge is 2.31. The maximum Gasteiger partial charge on any atom is 0.326 e. The minimum atomic E-state index is -1.41. The van der Waals surface area contributed by atoms with Crippen molar-refractivity contribution in [2.24, 2.45) is 39.6 Å². The Balaban J connectivity index is 5.64. The van der Waals surface area contributed by atoms with Gasteiger partial charge in [0.25, 0.3) is 0 Å². The van der Waals surface area contributed by atoms with Crippen molar-refractivity contribution in [3.05, 3.63) is 0 Å². The third-order valence-electron chi connectivity index (χ3n) is 4.97. The zero-order chi connectivity index (χ0) is 28.7. The number of carboxylic acids is 1. The van der Waals surface area contributed by atoms with E-state index < -0.39 is 66.1 Å². The van der Waals surface area contributed by atoms with Gasteiger partial charge in [0.15, 0.2) is 5.96 Å². The fourth-order valence-corrected chi connectivity index (χ4v) is 3.15. The lowest BCUT2D eigenvalue weighted by Gasteiger charge is -2.26. The number of amides is 5. The molecule has 0 saturated carbocycles. The lowest BCUT2D eigenvalue weighted by molar-refractivity contribution is -0.142. The van der Waals surface area contributed by atoms with Gasteiger partial charge in [-0.2, -0.15) is 0 Å². The van der Waals surface area contributed by atoms with E-state index in [4.69, 9.17) is 28.7 Å². The SMILES string of the molecule is CC(C)CC(NC(=O)C(CCCN=C(N)N)NC(=O)C(N)CC(N)=O)C(=O)NC(CCC(N)=O)C(=O)O. The van der Waals surface area contributed by atoms with Crippen LogP contribution in [0.25, 0.3) is 0 Å². The van der Waals surface area contributed by atoms with Gasteiger partial charge in [-0.15, -0.1) is 0 Å². The number of carbonyl (C=O) groups is 6. The highest BCUT2D eigenvalue weighted by molar-refractivity contribution is 5.95. The summed E-state index contributed by atoms with van der Waals surface area (Å²) in [5.74, 6) is -5.55. The first-order valence-corrected chi connectivity index (χ1v) is 11.6. The van der Waals surface area contributed by atoms with Gasteiger partial charge < -0.3 is 49.7 Å². The third-order valence-corrected chi connectivity index (χ3v) is 4.97. The molecule has 0 radical (unpaired) electrons. The summed E-state index contributed by atoms with van der Waals surface area (Å²) < 4.78 is 0. The van der Waals surface area contributed by atoms with Gasteiger partial charge in [-0.1, -0.05) is 13.8 Å². The van der Waals surface area contributed by atoms with Crippen molar-refractivity contribution in [2.45, 2.75) is 76.5 Å². The second kappa shape index (κ2) is 16.7. The van der Waals surface area contributed by atoms with Crippen LogP contribution in [0.4, 0.5) is 0 Å². The van der Waals surface area contributed by atoms with Crippen molar-refractivity contribution in [1.29, 1.82) is 0 Å². The van der Waals surface area contributed by atoms with E-state index in [9.17, 15) is 33.9 Å². The lowest BCUT2D eigenvalue weighted by atomic mass is 10.0. The van der Waals surface area contributed by atoms with Gasteiger partial charge in [-0.25, -0.2) is 4.79 Å². The van der Waals surface area contributed by atoms with Gasteiger partial charge >= 0.3 is 5.97 Å². The van der Waals surface area contributed by atoms with E-state index in [0.717, 1.165) is 0 Å². The van der Waals surface area contributed by atoms with Crippen molar-refractivity contribution >= 4 is 41.5 Å². The quantitative estimate of drug-likeness (QED) is 0.0472. The van der Waals surface area contributed by atoms with Crippen LogP contribution in [0.1, 0.15) is 52.4 Å². The van der Waals surface area contributed by atoms with E-state index in [-0.39, 0.29) is 50.5 Å². The highest BCUT2D eigenvalue weighted by Crippen LogP contribution is 2.09. The second-order valence-electron chi connectivity index (χ2n) is 8.88. The Kier molecular flexibility index (Phi) is 14.9. The number of carboxylic acid groups (broad SMARTS) is 1. The zero-order valence-electron chi connectivity index (χ0n) is 21.1. The van der Waals surface area contributed by atoms with E-state index >= 15 is 0 Å². The number of nitrogens with two attached hydrogens (primary N) is 5. The molecule has 0 aromatic heterocycles. The molecule has 0 aromatic rings. The van der Waals surface area contributed by atoms with Crippen LogP contribution in [-0.2, 0) is 28.8 Å². The first-order valence-electron chi connectivity index (χ1n) is 11.6. The second-order valence-corrected chi connectivity index (χ2v) is 8.88. The van der Waals surface area contributed by atoms with Gasteiger partial charge in [-0.3, -0.25) is 29.0 Å². The Labute approximate surface area is 214 Å². The van der Waals surface area contributed by atoms with Crippen molar-refractivity contribution in [1.82, 2.24) is 16.0 Å². The summed E-state index contributed by atoms with van der Waals surface area (Å²) in [6.45, 7) is 3.71. The average Bonchev–Trinajstić information content (AvgIpc) is 2.76. The molecule has 0 aliphatic carbocycles. The molecule has 0 spiro atoms. The van der Waals surface area contributed by atoms with E-state index in [1.165, 1.54) is 0 Å². The predicted molar refractivity (Wildman–Crippen MR) is 133 cm³/mol. The fourth-order valence-electron chi connectivity index (χ4n) is 3.15. The summed E-state index contributed by atoms with van der Waals surface area (Å²) >= 11 is 0. The van der Waals surface area contributed by atoms with Crippen LogP contribution < -0.4 is 44.6 Å². The van der Waals surface area contributed by atoms with Crippen LogP contribution in [0.15, 0.2) is 4.99 Å². The summed E-state index contributed by atoms with van der Waals surface area (Å²) in [6, 6.07) is -5.07. The first-order chi connectivity index (χ1) is 17.1. The number of hydrogen-bond acceptors (Lipinski definition) is 8. The van der Waals surface area contributed by atoms with E-state index in [2.05, 4.69) is 20.9 Å². The van der Waals surface area contributed by atoms with Gasteiger partial charge in [0.05, 0.1) is 12.5 Å². The van der Waals surface area contributed by atoms with Crippen molar-refractivity contribution in [3.63, 3.8) is 0 Å². The molecule has 5 amide bonds. The summed E-state index contributed by atoms with van der Waals surface area (Å²) in [7, 11) is 0. The average molecular weight is 530 g/mol. The maximum absolute atomic E-state index is 13.1. The van der Waals surface area contributed by atoms with Gasteiger partial charge in [0, 0.05) is 13.0 Å². The standard InChI is InChI=1S/C21H39N9O7/c1-10(2)8-14(19(35)29-13(20(36)37)5-6-15(23)31)30-18(34)12(4-3-7-27-21(25)26)28-17(33)11(22)9-16(24)32/h10-14H,3-9,22H2,1-2H3,(H2,23,31)(H2,24,32)(H,28,33)(H,29,35)(H,30,34)(H,36,37)(H4,25,26,27). The summed E-state index contributed by atoms with van der Waals surface area (Å²) in [6.07, 6.45) is -0.515. The Morgan fingerprint density at radius 2 is 1.32 bits per heavy atom. The number of hydrogen-bond donors (Lipinski definition) is 9. The Hall–Kier alpha value is -3.95. The van der Waals surface area contributed by atoms with Gasteiger partial charge in [0.1, 0.15) is 18.1 Å². The van der Waals surface area contributed by atoms with E-state index in [1.807, 2.05) is 0 Å². The Morgan fingerprint density at radius 3 is 1.81 bits per heavy atom. The Morgan fingerprint density at radius 1 is 0.784 bits per heavy atom. The molecule has 0 heterocycles. The summed E-state index contributed by atoms with van der Waals surface area (Å²) in [5, 5.41) is 16.6. The number of primary amides is 2. The molecule has 0 aliphatic rings. The van der Waals surface area contributed by atoms with Crippen LogP contribution in [0.3, 0.4) is 0 Å². The number of nitrogens with zero attached hydrogens (tertiary/aromatic N) is 1. The van der Waals surface area contributed by atoms with Crippen LogP contribution >= 0.6 is 0 Å². The molecular weight excluding hydrogens is 490 g/mol. The molecule has 4 atom stereocenters. The topological polar surface area (TPSA) is 301 Å². The molecule has 0 aromatic carbocycles. The molecule has 4 unspecified atom stereocenters.